The fraction of sp³-hybridized carbons (Fsp3) is 0.737. The minimum Gasteiger partial charge on any atom is -0.381 e. The molecule has 1 unspecified atom stereocenters. The molecule has 1 heterocycles. The van der Waals surface area contributed by atoms with Crippen LogP contribution in [0.1, 0.15) is 61.7 Å². The van der Waals surface area contributed by atoms with E-state index in [1.165, 1.54) is 6.20 Å². The Morgan fingerprint density at radius 2 is 1.78 bits per heavy atom. The lowest BCUT2D eigenvalue weighted by molar-refractivity contribution is 0.0668. The van der Waals surface area contributed by atoms with Gasteiger partial charge >= 0.3 is 0 Å². The molecule has 2 saturated carbocycles. The molecule has 0 bridgehead atoms. The predicted molar refractivity (Wildman–Crippen MR) is 104 cm³/mol. The molecule has 3 rings (SSSR count). The molecule has 2 aliphatic carbocycles. The number of primary amides is 1. The number of hydrogen-bond donors (Lipinski definition) is 3. The number of nitrogens with one attached hydrogen (secondary N) is 2. The van der Waals surface area contributed by atoms with Gasteiger partial charge < -0.3 is 25.8 Å². The highest BCUT2D eigenvalue weighted by molar-refractivity contribution is 5.97. The number of carbonyl (C=O) groups excluding carboxylic acids is 1. The van der Waals surface area contributed by atoms with Gasteiger partial charge in [0.25, 0.3) is 5.91 Å². The van der Waals surface area contributed by atoms with Crippen molar-refractivity contribution in [3.8, 4) is 0 Å². The van der Waals surface area contributed by atoms with Crippen LogP contribution < -0.4 is 16.4 Å². The molecule has 8 heteroatoms. The third-order valence-corrected chi connectivity index (χ3v) is 5.70. The first kappa shape index (κ1) is 19.8. The maximum atomic E-state index is 11.8. The van der Waals surface area contributed by atoms with Crippen molar-refractivity contribution in [2.75, 3.05) is 24.9 Å². The second kappa shape index (κ2) is 9.32. The number of ether oxygens (including phenoxy) is 2. The highest BCUT2D eigenvalue weighted by atomic mass is 16.5. The molecule has 2 fully saturated rings. The zero-order valence-corrected chi connectivity index (χ0v) is 16.2. The lowest BCUT2D eigenvalue weighted by Gasteiger charge is -2.30. The average molecular weight is 377 g/mol. The Bertz CT molecular complexity index is 634. The van der Waals surface area contributed by atoms with Gasteiger partial charge in [-0.05, 0) is 51.4 Å². The van der Waals surface area contributed by atoms with Gasteiger partial charge in [-0.25, -0.2) is 4.98 Å². The fourth-order valence-corrected chi connectivity index (χ4v) is 4.05. The first-order chi connectivity index (χ1) is 13.1. The van der Waals surface area contributed by atoms with Crippen molar-refractivity contribution in [2.24, 2.45) is 5.73 Å². The third kappa shape index (κ3) is 5.29. The number of anilines is 2. The molecule has 1 amide bonds. The first-order valence-corrected chi connectivity index (χ1v) is 9.84. The molecule has 4 N–H and O–H groups in total. The van der Waals surface area contributed by atoms with Crippen molar-refractivity contribution in [2.45, 2.75) is 75.7 Å². The molecule has 0 radical (unpaired) electrons. The molecule has 150 valence electrons. The Morgan fingerprint density at radius 3 is 2.44 bits per heavy atom. The van der Waals surface area contributed by atoms with Crippen LogP contribution in [0.5, 0.6) is 0 Å². The van der Waals surface area contributed by atoms with E-state index in [9.17, 15) is 4.79 Å². The Kier molecular flexibility index (Phi) is 6.84. The monoisotopic (exact) mass is 377 g/mol. The Balaban J connectivity index is 1.68. The number of aromatic nitrogens is 2. The Hall–Kier alpha value is -1.93. The zero-order chi connectivity index (χ0) is 19.2. The van der Waals surface area contributed by atoms with Crippen molar-refractivity contribution < 1.29 is 14.3 Å². The van der Waals surface area contributed by atoms with Crippen LogP contribution in [0, 0.1) is 0 Å². The summed E-state index contributed by atoms with van der Waals surface area (Å²) in [5.41, 5.74) is 5.84. The van der Waals surface area contributed by atoms with Crippen LogP contribution in [0.3, 0.4) is 0 Å². The molecular weight excluding hydrogens is 346 g/mol. The fourth-order valence-electron chi connectivity index (χ4n) is 4.05. The molecule has 27 heavy (non-hydrogen) atoms. The van der Waals surface area contributed by atoms with Crippen LogP contribution in [0.2, 0.25) is 0 Å². The molecule has 0 aliphatic heterocycles. The molecule has 0 spiro atoms. The molecule has 2 atom stereocenters. The second-order valence-electron chi connectivity index (χ2n) is 7.54. The number of rotatable bonds is 7. The van der Waals surface area contributed by atoms with Crippen molar-refractivity contribution in [3.63, 3.8) is 0 Å². The summed E-state index contributed by atoms with van der Waals surface area (Å²) < 4.78 is 10.9. The lowest BCUT2D eigenvalue weighted by Crippen LogP contribution is -2.33. The molecule has 8 nitrogen and oxygen atoms in total. The summed E-state index contributed by atoms with van der Waals surface area (Å²) in [6.07, 6.45) is 10.2. The Labute approximate surface area is 160 Å². The summed E-state index contributed by atoms with van der Waals surface area (Å²) in [5.74, 6) is 0.513. The van der Waals surface area contributed by atoms with E-state index in [0.717, 1.165) is 51.4 Å². The van der Waals surface area contributed by atoms with Gasteiger partial charge in [-0.1, -0.05) is 0 Å². The Morgan fingerprint density at radius 1 is 1.04 bits per heavy atom. The normalized spacial score (nSPS) is 28.5. The highest BCUT2D eigenvalue weighted by Gasteiger charge is 2.25. The molecule has 1 aromatic heterocycles. The van der Waals surface area contributed by atoms with E-state index in [1.807, 2.05) is 0 Å². The van der Waals surface area contributed by atoms with Crippen LogP contribution in [0.4, 0.5) is 11.8 Å². The summed E-state index contributed by atoms with van der Waals surface area (Å²) in [6, 6.07) is 0.526. The summed E-state index contributed by atoms with van der Waals surface area (Å²) >= 11 is 0. The van der Waals surface area contributed by atoms with Gasteiger partial charge in [0.05, 0.1) is 17.8 Å². The number of methoxy groups -OCH3 is 2. The van der Waals surface area contributed by atoms with Crippen molar-refractivity contribution >= 4 is 17.7 Å². The van der Waals surface area contributed by atoms with Gasteiger partial charge in [0.1, 0.15) is 5.82 Å². The molecular formula is C19H31N5O3. The van der Waals surface area contributed by atoms with Gasteiger partial charge in [-0.15, -0.1) is 0 Å². The number of nitrogens with two attached hydrogens (primary N) is 1. The van der Waals surface area contributed by atoms with E-state index in [4.69, 9.17) is 15.2 Å². The predicted octanol–water partition coefficient (Wildman–Crippen LogP) is 2.31. The van der Waals surface area contributed by atoms with E-state index in [-0.39, 0.29) is 12.1 Å². The first-order valence-electron chi connectivity index (χ1n) is 9.84. The van der Waals surface area contributed by atoms with Gasteiger partial charge in [0.2, 0.25) is 5.95 Å². The minimum absolute atomic E-state index is 0.210. The maximum Gasteiger partial charge on any atom is 0.254 e. The molecule has 1 aromatic rings. The number of hydrogen-bond acceptors (Lipinski definition) is 7. The van der Waals surface area contributed by atoms with Crippen LogP contribution in [0.25, 0.3) is 0 Å². The van der Waals surface area contributed by atoms with Crippen LogP contribution in [0.15, 0.2) is 6.20 Å². The summed E-state index contributed by atoms with van der Waals surface area (Å²) in [5, 5.41) is 6.79. The largest absolute Gasteiger partial charge is 0.381 e. The van der Waals surface area contributed by atoms with E-state index in [2.05, 4.69) is 20.6 Å². The van der Waals surface area contributed by atoms with Gasteiger partial charge in [-0.2, -0.15) is 4.98 Å². The van der Waals surface area contributed by atoms with Crippen LogP contribution in [-0.4, -0.2) is 54.4 Å². The number of amides is 1. The standard InChI is InChI=1S/C19H31N5O3/c1-26-14-8-6-12(7-9-14)23-19-21-11-16(17(20)25)18(24-19)22-13-4-3-5-15(10-13)27-2/h11-15H,3-10H2,1-2H3,(H2,20,25)(H2,21,22,23,24)/t12-,13?,14-,15-/m0/s1. The summed E-state index contributed by atoms with van der Waals surface area (Å²) in [4.78, 5) is 20.7. The van der Waals surface area contributed by atoms with Crippen molar-refractivity contribution in [3.05, 3.63) is 11.8 Å². The molecule has 2 aliphatic rings. The number of nitrogens with zero attached hydrogens (tertiary/aromatic N) is 2. The van der Waals surface area contributed by atoms with Crippen molar-refractivity contribution in [1.29, 1.82) is 0 Å². The van der Waals surface area contributed by atoms with E-state index < -0.39 is 5.91 Å². The molecule has 0 saturated heterocycles. The zero-order valence-electron chi connectivity index (χ0n) is 16.2. The lowest BCUT2D eigenvalue weighted by atomic mass is 9.92. The highest BCUT2D eigenvalue weighted by Crippen LogP contribution is 2.26. The SMILES string of the molecule is CO[C@H]1CCCC(Nc2nc(N[C@H]3CC[C@H](OC)CC3)ncc2C(N)=O)C1. The number of carbonyl (C=O) groups is 1. The maximum absolute atomic E-state index is 11.8. The summed E-state index contributed by atoms with van der Waals surface area (Å²) in [6.45, 7) is 0. The minimum atomic E-state index is -0.524. The van der Waals surface area contributed by atoms with Gasteiger partial charge in [-0.3, -0.25) is 4.79 Å². The average Bonchev–Trinajstić information content (AvgIpc) is 2.68. The van der Waals surface area contributed by atoms with E-state index in [1.54, 1.807) is 14.2 Å². The summed E-state index contributed by atoms with van der Waals surface area (Å²) in [7, 11) is 3.51. The van der Waals surface area contributed by atoms with Gasteiger partial charge in [0, 0.05) is 32.5 Å². The van der Waals surface area contributed by atoms with Crippen LogP contribution >= 0.6 is 0 Å². The third-order valence-electron chi connectivity index (χ3n) is 5.70. The smallest absolute Gasteiger partial charge is 0.254 e. The quantitative estimate of drug-likeness (QED) is 0.668. The second-order valence-corrected chi connectivity index (χ2v) is 7.54. The molecule has 0 aromatic carbocycles. The topological polar surface area (TPSA) is 111 Å². The van der Waals surface area contributed by atoms with Gasteiger partial charge in [0.15, 0.2) is 0 Å². The van der Waals surface area contributed by atoms with Crippen LogP contribution in [-0.2, 0) is 9.47 Å². The van der Waals surface area contributed by atoms with Crippen molar-refractivity contribution in [1.82, 2.24) is 9.97 Å². The van der Waals surface area contributed by atoms with E-state index in [0.29, 0.717) is 29.5 Å². The van der Waals surface area contributed by atoms with E-state index >= 15 is 0 Å².